The van der Waals surface area contributed by atoms with E-state index in [0.29, 0.717) is 23.6 Å². The van der Waals surface area contributed by atoms with Crippen LogP contribution in [0.3, 0.4) is 0 Å². The van der Waals surface area contributed by atoms with Crippen molar-refractivity contribution in [2.24, 2.45) is 5.92 Å². The van der Waals surface area contributed by atoms with E-state index in [4.69, 9.17) is 5.11 Å². The molecule has 4 heteroatoms. The Balaban J connectivity index is 2.59. The first-order valence-corrected chi connectivity index (χ1v) is 5.86. The van der Waals surface area contributed by atoms with Crippen LogP contribution in [0.15, 0.2) is 18.2 Å². The molecule has 1 aromatic carbocycles. The first-order chi connectivity index (χ1) is 8.04. The second-order valence-corrected chi connectivity index (χ2v) is 4.61. The Morgan fingerprint density at radius 2 is 1.94 bits per heavy atom. The van der Waals surface area contributed by atoms with Crippen molar-refractivity contribution < 1.29 is 15.3 Å². The van der Waals surface area contributed by atoms with E-state index in [-0.39, 0.29) is 12.4 Å². The molecule has 0 amide bonds. The van der Waals surface area contributed by atoms with E-state index in [1.165, 1.54) is 6.07 Å². The molecule has 0 saturated carbocycles. The summed E-state index contributed by atoms with van der Waals surface area (Å²) in [6.45, 7) is 5.29. The third kappa shape index (κ3) is 4.34. The molecule has 0 aliphatic carbocycles. The van der Waals surface area contributed by atoms with Crippen LogP contribution in [-0.2, 0) is 6.61 Å². The Kier molecular flexibility index (Phi) is 5.41. The molecule has 0 saturated heterocycles. The summed E-state index contributed by atoms with van der Waals surface area (Å²) in [5.74, 6) is 0.591. The van der Waals surface area contributed by atoms with Crippen molar-refractivity contribution in [2.45, 2.75) is 26.6 Å². The predicted molar refractivity (Wildman–Crippen MR) is 66.7 cm³/mol. The summed E-state index contributed by atoms with van der Waals surface area (Å²) in [6, 6.07) is 4.78. The highest BCUT2D eigenvalue weighted by Crippen LogP contribution is 2.22. The van der Waals surface area contributed by atoms with Gasteiger partial charge in [0.1, 0.15) is 5.75 Å². The summed E-state index contributed by atoms with van der Waals surface area (Å²) in [4.78, 5) is 0. The van der Waals surface area contributed by atoms with Gasteiger partial charge in [-0.15, -0.1) is 0 Å². The van der Waals surface area contributed by atoms with Crippen molar-refractivity contribution in [3.8, 4) is 5.75 Å². The van der Waals surface area contributed by atoms with Gasteiger partial charge in [0.05, 0.1) is 12.7 Å². The van der Waals surface area contributed by atoms with Gasteiger partial charge in [0.15, 0.2) is 0 Å². The number of nitrogens with one attached hydrogen (secondary N) is 1. The van der Waals surface area contributed by atoms with Crippen LogP contribution >= 0.6 is 0 Å². The van der Waals surface area contributed by atoms with Gasteiger partial charge in [-0.1, -0.05) is 19.9 Å². The third-order valence-electron chi connectivity index (χ3n) is 2.55. The standard InChI is InChI=1S/C13H21NO3/c1-9(2)6-14-7-13(17)10-3-4-12(16)11(5-10)8-15/h3-5,9,13-17H,6-8H2,1-2H3. The Hall–Kier alpha value is -1.10. The summed E-state index contributed by atoms with van der Waals surface area (Å²) in [5.41, 5.74) is 1.13. The van der Waals surface area contributed by atoms with Gasteiger partial charge in [-0.2, -0.15) is 0 Å². The Morgan fingerprint density at radius 1 is 1.24 bits per heavy atom. The molecule has 0 aromatic heterocycles. The molecular weight excluding hydrogens is 218 g/mol. The van der Waals surface area contributed by atoms with E-state index in [2.05, 4.69) is 19.2 Å². The fraction of sp³-hybridized carbons (Fsp3) is 0.538. The summed E-state index contributed by atoms with van der Waals surface area (Å²) in [7, 11) is 0. The van der Waals surface area contributed by atoms with Gasteiger partial charge in [-0.05, 0) is 30.2 Å². The van der Waals surface area contributed by atoms with Crippen molar-refractivity contribution >= 4 is 0 Å². The highest BCUT2D eigenvalue weighted by molar-refractivity contribution is 5.36. The van der Waals surface area contributed by atoms with E-state index >= 15 is 0 Å². The van der Waals surface area contributed by atoms with Gasteiger partial charge in [0, 0.05) is 12.1 Å². The predicted octanol–water partition coefficient (Wildman–Crippen LogP) is 1.16. The molecule has 0 aliphatic heterocycles. The van der Waals surface area contributed by atoms with Crippen LogP contribution in [0.2, 0.25) is 0 Å². The smallest absolute Gasteiger partial charge is 0.121 e. The molecular formula is C13H21NO3. The van der Waals surface area contributed by atoms with Crippen molar-refractivity contribution in [3.63, 3.8) is 0 Å². The van der Waals surface area contributed by atoms with Crippen LogP contribution in [0.1, 0.15) is 31.1 Å². The molecule has 0 bridgehead atoms. The molecule has 96 valence electrons. The number of benzene rings is 1. The lowest BCUT2D eigenvalue weighted by molar-refractivity contribution is 0.173. The first-order valence-electron chi connectivity index (χ1n) is 5.86. The number of hydrogen-bond acceptors (Lipinski definition) is 4. The molecule has 4 N–H and O–H groups in total. The minimum atomic E-state index is -0.625. The zero-order valence-corrected chi connectivity index (χ0v) is 10.3. The number of aliphatic hydroxyl groups is 2. The van der Waals surface area contributed by atoms with Crippen LogP contribution in [0.5, 0.6) is 5.75 Å². The summed E-state index contributed by atoms with van der Waals surface area (Å²) in [5, 5.41) is 31.5. The summed E-state index contributed by atoms with van der Waals surface area (Å²) >= 11 is 0. The molecule has 0 radical (unpaired) electrons. The highest BCUT2D eigenvalue weighted by atomic mass is 16.3. The number of aliphatic hydroxyl groups excluding tert-OH is 2. The van der Waals surface area contributed by atoms with E-state index < -0.39 is 6.10 Å². The minimum absolute atomic E-state index is 0.0542. The van der Waals surface area contributed by atoms with Crippen LogP contribution in [0.4, 0.5) is 0 Å². The van der Waals surface area contributed by atoms with Crippen LogP contribution in [0.25, 0.3) is 0 Å². The average molecular weight is 239 g/mol. The van der Waals surface area contributed by atoms with Crippen LogP contribution < -0.4 is 5.32 Å². The topological polar surface area (TPSA) is 72.7 Å². The Bertz CT molecular complexity index is 353. The lowest BCUT2D eigenvalue weighted by Gasteiger charge is -2.14. The van der Waals surface area contributed by atoms with E-state index in [1.54, 1.807) is 12.1 Å². The van der Waals surface area contributed by atoms with Crippen molar-refractivity contribution in [3.05, 3.63) is 29.3 Å². The number of rotatable bonds is 6. The molecule has 1 unspecified atom stereocenters. The first kappa shape index (κ1) is 14.0. The van der Waals surface area contributed by atoms with Crippen molar-refractivity contribution in [1.29, 1.82) is 0 Å². The molecule has 4 nitrogen and oxygen atoms in total. The van der Waals surface area contributed by atoms with Crippen LogP contribution in [-0.4, -0.2) is 28.4 Å². The van der Waals surface area contributed by atoms with E-state index in [0.717, 1.165) is 6.54 Å². The Labute approximate surface area is 102 Å². The van der Waals surface area contributed by atoms with Gasteiger partial charge >= 0.3 is 0 Å². The zero-order valence-electron chi connectivity index (χ0n) is 10.3. The van der Waals surface area contributed by atoms with Gasteiger partial charge in [-0.25, -0.2) is 0 Å². The maximum atomic E-state index is 9.92. The fourth-order valence-electron chi connectivity index (χ4n) is 1.57. The molecule has 1 atom stereocenters. The molecule has 0 aliphatic rings. The van der Waals surface area contributed by atoms with E-state index in [9.17, 15) is 10.2 Å². The second kappa shape index (κ2) is 6.59. The minimum Gasteiger partial charge on any atom is -0.508 e. The monoisotopic (exact) mass is 239 g/mol. The zero-order chi connectivity index (χ0) is 12.8. The average Bonchev–Trinajstić information content (AvgIpc) is 2.29. The molecule has 0 fully saturated rings. The lowest BCUT2D eigenvalue weighted by Crippen LogP contribution is -2.25. The number of hydrogen-bond donors (Lipinski definition) is 4. The highest BCUT2D eigenvalue weighted by Gasteiger charge is 2.10. The summed E-state index contributed by atoms with van der Waals surface area (Å²) < 4.78 is 0. The normalized spacial score (nSPS) is 13.0. The maximum Gasteiger partial charge on any atom is 0.121 e. The SMILES string of the molecule is CC(C)CNCC(O)c1ccc(O)c(CO)c1. The van der Waals surface area contributed by atoms with Gasteiger partial charge in [0.25, 0.3) is 0 Å². The fourth-order valence-corrected chi connectivity index (χ4v) is 1.57. The molecule has 0 heterocycles. The van der Waals surface area contributed by atoms with Crippen molar-refractivity contribution in [2.75, 3.05) is 13.1 Å². The van der Waals surface area contributed by atoms with Crippen molar-refractivity contribution in [1.82, 2.24) is 5.32 Å². The molecule has 17 heavy (non-hydrogen) atoms. The van der Waals surface area contributed by atoms with Gasteiger partial charge < -0.3 is 20.6 Å². The number of phenols is 1. The number of aromatic hydroxyl groups is 1. The van der Waals surface area contributed by atoms with Gasteiger partial charge in [-0.3, -0.25) is 0 Å². The van der Waals surface area contributed by atoms with Gasteiger partial charge in [0.2, 0.25) is 0 Å². The third-order valence-corrected chi connectivity index (χ3v) is 2.55. The second-order valence-electron chi connectivity index (χ2n) is 4.61. The molecule has 1 aromatic rings. The molecule has 1 rings (SSSR count). The largest absolute Gasteiger partial charge is 0.508 e. The Morgan fingerprint density at radius 3 is 2.53 bits per heavy atom. The quantitative estimate of drug-likeness (QED) is 0.601. The molecule has 0 spiro atoms. The maximum absolute atomic E-state index is 9.92. The van der Waals surface area contributed by atoms with Crippen LogP contribution in [0, 0.1) is 5.92 Å². The lowest BCUT2D eigenvalue weighted by atomic mass is 10.1. The van der Waals surface area contributed by atoms with E-state index in [1.807, 2.05) is 0 Å². The summed E-state index contributed by atoms with van der Waals surface area (Å²) in [6.07, 6.45) is -0.625.